The lowest BCUT2D eigenvalue weighted by Gasteiger charge is -2.43. The Hall–Kier alpha value is -2.31. The van der Waals surface area contributed by atoms with E-state index < -0.39 is 5.82 Å². The molecule has 8 heteroatoms. The molecule has 1 unspecified atom stereocenters. The molecule has 182 valence electrons. The molecule has 2 aromatic rings. The van der Waals surface area contributed by atoms with E-state index in [1.165, 1.54) is 12.1 Å². The van der Waals surface area contributed by atoms with E-state index in [1.54, 1.807) is 29.2 Å². The molecule has 4 rings (SSSR count). The fourth-order valence-corrected chi connectivity index (χ4v) is 5.35. The summed E-state index contributed by atoms with van der Waals surface area (Å²) in [5.41, 5.74) is 0.414. The second-order valence-corrected chi connectivity index (χ2v) is 10.1. The van der Waals surface area contributed by atoms with Crippen LogP contribution in [-0.4, -0.2) is 43.0 Å². The standard InChI is InChI=1S/C26H29Cl2FN2O3/c27-18-8-9-23-20(14-18)25(33)30-16-26(10-2-1-3-13-34-23)11-5-12-31(17-26)24(32)15-19-21(28)6-4-7-22(19)29/h4,6-9,14H,1-3,5,10-13,15-17H2,(H,30,33). The maximum Gasteiger partial charge on any atom is 0.255 e. The van der Waals surface area contributed by atoms with Crippen LogP contribution >= 0.6 is 23.2 Å². The van der Waals surface area contributed by atoms with Gasteiger partial charge in [0.25, 0.3) is 5.91 Å². The first-order chi connectivity index (χ1) is 16.4. The molecule has 0 saturated carbocycles. The topological polar surface area (TPSA) is 58.6 Å². The Kier molecular flexibility index (Phi) is 7.99. The second kappa shape index (κ2) is 11.0. The zero-order valence-electron chi connectivity index (χ0n) is 19.0. The summed E-state index contributed by atoms with van der Waals surface area (Å²) in [7, 11) is 0. The summed E-state index contributed by atoms with van der Waals surface area (Å²) in [6, 6.07) is 9.52. The van der Waals surface area contributed by atoms with Crippen molar-refractivity contribution >= 4 is 35.0 Å². The molecular weight excluding hydrogens is 478 g/mol. The number of nitrogens with zero attached hydrogens (tertiary/aromatic N) is 1. The monoisotopic (exact) mass is 506 g/mol. The van der Waals surface area contributed by atoms with Crippen LogP contribution < -0.4 is 10.1 Å². The summed E-state index contributed by atoms with van der Waals surface area (Å²) < 4.78 is 20.1. The van der Waals surface area contributed by atoms with Gasteiger partial charge in [0, 0.05) is 40.7 Å². The van der Waals surface area contributed by atoms with Gasteiger partial charge in [-0.25, -0.2) is 4.39 Å². The molecule has 1 saturated heterocycles. The van der Waals surface area contributed by atoms with E-state index in [-0.39, 0.29) is 34.2 Å². The number of hydrogen-bond donors (Lipinski definition) is 1. The maximum atomic E-state index is 14.3. The van der Waals surface area contributed by atoms with Crippen molar-refractivity contribution in [1.29, 1.82) is 0 Å². The van der Waals surface area contributed by atoms with E-state index in [0.717, 1.165) is 38.5 Å². The molecule has 2 aliphatic heterocycles. The number of carbonyl (C=O) groups is 2. The number of fused-ring (bicyclic) bond motifs is 1. The molecule has 0 aliphatic carbocycles. The minimum Gasteiger partial charge on any atom is -0.493 e. The summed E-state index contributed by atoms with van der Waals surface area (Å²) in [6.07, 6.45) is 5.42. The third-order valence-corrected chi connectivity index (χ3v) is 7.41. The van der Waals surface area contributed by atoms with Crippen LogP contribution in [0.4, 0.5) is 4.39 Å². The summed E-state index contributed by atoms with van der Waals surface area (Å²) in [5.74, 6) is -0.322. The van der Waals surface area contributed by atoms with E-state index in [4.69, 9.17) is 27.9 Å². The number of rotatable bonds is 2. The van der Waals surface area contributed by atoms with Gasteiger partial charge in [0.05, 0.1) is 18.6 Å². The number of piperidine rings is 1. The van der Waals surface area contributed by atoms with Crippen molar-refractivity contribution in [1.82, 2.24) is 10.2 Å². The van der Waals surface area contributed by atoms with E-state index >= 15 is 0 Å². The van der Waals surface area contributed by atoms with Gasteiger partial charge in [0.1, 0.15) is 11.6 Å². The third kappa shape index (κ3) is 5.84. The lowest BCUT2D eigenvalue weighted by molar-refractivity contribution is -0.134. The SMILES string of the molecule is O=C1NCC2(CCCCCOc3ccc(Cl)cc31)CCCN(C(=O)Cc1c(F)cccc1Cl)C2. The zero-order chi connectivity index (χ0) is 24.1. The average Bonchev–Trinajstić information content (AvgIpc) is 2.82. The van der Waals surface area contributed by atoms with Crippen LogP contribution in [0.3, 0.4) is 0 Å². The Bertz CT molecular complexity index is 1040. The van der Waals surface area contributed by atoms with Crippen LogP contribution in [0.5, 0.6) is 5.75 Å². The average molecular weight is 507 g/mol. The Morgan fingerprint density at radius 3 is 2.76 bits per heavy atom. The zero-order valence-corrected chi connectivity index (χ0v) is 20.6. The lowest BCUT2D eigenvalue weighted by Crippen LogP contribution is -2.51. The van der Waals surface area contributed by atoms with Gasteiger partial charge in [-0.2, -0.15) is 0 Å². The molecule has 1 spiro atoms. The van der Waals surface area contributed by atoms with Gasteiger partial charge < -0.3 is 15.0 Å². The van der Waals surface area contributed by atoms with Crippen LogP contribution in [0.1, 0.15) is 54.4 Å². The first-order valence-electron chi connectivity index (χ1n) is 11.8. The molecule has 2 heterocycles. The van der Waals surface area contributed by atoms with E-state index in [9.17, 15) is 14.0 Å². The predicted molar refractivity (Wildman–Crippen MR) is 131 cm³/mol. The minimum absolute atomic E-state index is 0.0723. The Labute approximate surface area is 209 Å². The number of likely N-dealkylation sites (tertiary alicyclic amines) is 1. The van der Waals surface area contributed by atoms with Crippen molar-refractivity contribution in [2.75, 3.05) is 26.2 Å². The second-order valence-electron chi connectivity index (χ2n) is 9.28. The van der Waals surface area contributed by atoms with Gasteiger partial charge in [0.2, 0.25) is 5.91 Å². The number of benzene rings is 2. The highest BCUT2D eigenvalue weighted by Gasteiger charge is 2.37. The van der Waals surface area contributed by atoms with Gasteiger partial charge in [-0.05, 0) is 56.0 Å². The molecule has 34 heavy (non-hydrogen) atoms. The molecule has 5 nitrogen and oxygen atoms in total. The van der Waals surface area contributed by atoms with Crippen LogP contribution in [0, 0.1) is 11.2 Å². The normalized spacial score (nSPS) is 21.6. The summed E-state index contributed by atoms with van der Waals surface area (Å²) >= 11 is 12.3. The Balaban J connectivity index is 1.51. The number of hydrogen-bond acceptors (Lipinski definition) is 3. The van der Waals surface area contributed by atoms with Gasteiger partial charge in [-0.3, -0.25) is 9.59 Å². The Morgan fingerprint density at radius 2 is 1.94 bits per heavy atom. The molecule has 2 aromatic carbocycles. The highest BCUT2D eigenvalue weighted by Crippen LogP contribution is 2.36. The lowest BCUT2D eigenvalue weighted by atomic mass is 9.75. The highest BCUT2D eigenvalue weighted by molar-refractivity contribution is 6.31. The molecule has 0 radical (unpaired) electrons. The molecule has 1 fully saturated rings. The highest BCUT2D eigenvalue weighted by atomic mass is 35.5. The Morgan fingerprint density at radius 1 is 1.12 bits per heavy atom. The smallest absolute Gasteiger partial charge is 0.255 e. The van der Waals surface area contributed by atoms with Crippen molar-refractivity contribution in [2.24, 2.45) is 5.41 Å². The van der Waals surface area contributed by atoms with Gasteiger partial charge >= 0.3 is 0 Å². The summed E-state index contributed by atoms with van der Waals surface area (Å²) in [4.78, 5) is 28.0. The van der Waals surface area contributed by atoms with Crippen molar-refractivity contribution in [2.45, 2.75) is 44.9 Å². The van der Waals surface area contributed by atoms with E-state index in [0.29, 0.717) is 42.6 Å². The van der Waals surface area contributed by atoms with Crippen molar-refractivity contribution in [3.8, 4) is 5.75 Å². The molecule has 1 N–H and O–H groups in total. The molecule has 2 amide bonds. The van der Waals surface area contributed by atoms with Gasteiger partial charge in [0.15, 0.2) is 0 Å². The van der Waals surface area contributed by atoms with Crippen LogP contribution in [0.25, 0.3) is 0 Å². The molecule has 0 bridgehead atoms. The molecule has 1 atom stereocenters. The van der Waals surface area contributed by atoms with E-state index in [2.05, 4.69) is 5.32 Å². The maximum absolute atomic E-state index is 14.3. The fourth-order valence-electron chi connectivity index (χ4n) is 4.95. The summed E-state index contributed by atoms with van der Waals surface area (Å²) in [5, 5.41) is 3.81. The third-order valence-electron chi connectivity index (χ3n) is 6.82. The number of nitrogens with one attached hydrogen (secondary N) is 1. The number of halogens is 3. The quantitative estimate of drug-likeness (QED) is 0.570. The largest absolute Gasteiger partial charge is 0.493 e. The van der Waals surface area contributed by atoms with Gasteiger partial charge in [-0.15, -0.1) is 0 Å². The van der Waals surface area contributed by atoms with Crippen LogP contribution in [0.15, 0.2) is 36.4 Å². The molecule has 0 aromatic heterocycles. The molecule has 2 aliphatic rings. The number of amides is 2. The van der Waals surface area contributed by atoms with Crippen LogP contribution in [0.2, 0.25) is 10.0 Å². The van der Waals surface area contributed by atoms with E-state index in [1.807, 2.05) is 0 Å². The molecular formula is C26H29Cl2FN2O3. The first kappa shape index (κ1) is 24.8. The minimum atomic E-state index is -0.467. The van der Waals surface area contributed by atoms with Crippen LogP contribution in [-0.2, 0) is 11.2 Å². The fraction of sp³-hybridized carbons (Fsp3) is 0.462. The number of carbonyl (C=O) groups excluding carboxylic acids is 2. The summed E-state index contributed by atoms with van der Waals surface area (Å²) in [6.45, 7) is 2.12. The van der Waals surface area contributed by atoms with Crippen molar-refractivity contribution in [3.63, 3.8) is 0 Å². The number of ether oxygens (including phenoxy) is 1. The van der Waals surface area contributed by atoms with Crippen molar-refractivity contribution in [3.05, 3.63) is 63.4 Å². The van der Waals surface area contributed by atoms with Crippen molar-refractivity contribution < 1.29 is 18.7 Å². The van der Waals surface area contributed by atoms with Gasteiger partial charge in [-0.1, -0.05) is 42.1 Å². The first-order valence-corrected chi connectivity index (χ1v) is 12.5. The predicted octanol–water partition coefficient (Wildman–Crippen LogP) is 5.67.